The summed E-state index contributed by atoms with van der Waals surface area (Å²) in [4.78, 5) is 15.0. The van der Waals surface area contributed by atoms with Crippen molar-refractivity contribution in [1.82, 2.24) is 9.47 Å². The van der Waals surface area contributed by atoms with Crippen molar-refractivity contribution in [1.29, 1.82) is 0 Å². The Morgan fingerprint density at radius 2 is 1.74 bits per heavy atom. The van der Waals surface area contributed by atoms with Gasteiger partial charge in [-0.25, -0.2) is 0 Å². The van der Waals surface area contributed by atoms with Crippen LogP contribution in [-0.4, -0.2) is 40.0 Å². The van der Waals surface area contributed by atoms with Crippen LogP contribution in [0.3, 0.4) is 0 Å². The number of aryl methyl sites for hydroxylation is 1. The van der Waals surface area contributed by atoms with E-state index in [-0.39, 0.29) is 11.5 Å². The third-order valence-corrected chi connectivity index (χ3v) is 4.66. The Hall–Kier alpha value is -2.07. The minimum atomic E-state index is 0.199. The zero-order valence-electron chi connectivity index (χ0n) is 13.9. The molecule has 2 aromatic rings. The zero-order valence-corrected chi connectivity index (χ0v) is 13.9. The summed E-state index contributed by atoms with van der Waals surface area (Å²) in [6.45, 7) is 6.57. The molecule has 122 valence electrons. The fourth-order valence-corrected chi connectivity index (χ4v) is 3.45. The minimum absolute atomic E-state index is 0.199. The summed E-state index contributed by atoms with van der Waals surface area (Å²) in [5, 5.41) is 9.45. The molecule has 1 N–H and O–H groups in total. The van der Waals surface area contributed by atoms with E-state index in [0.29, 0.717) is 6.54 Å². The molecule has 23 heavy (non-hydrogen) atoms. The zero-order chi connectivity index (χ0) is 16.4. The molecule has 1 aliphatic heterocycles. The standard InChI is InChI=1S/C19H24N2O2/c1-14-12-18(19(23)13-20-10-4-3-5-11-20)15(2)21(14)16-6-8-17(22)9-7-16/h6-9,12,22H,3-5,10-11,13H2,1-2H3. The number of rotatable bonds is 4. The minimum Gasteiger partial charge on any atom is -0.508 e. The highest BCUT2D eigenvalue weighted by Crippen LogP contribution is 2.23. The first-order valence-corrected chi connectivity index (χ1v) is 8.30. The monoisotopic (exact) mass is 312 g/mol. The van der Waals surface area contributed by atoms with Crippen LogP contribution < -0.4 is 0 Å². The highest BCUT2D eigenvalue weighted by Gasteiger charge is 2.20. The van der Waals surface area contributed by atoms with Crippen LogP contribution in [0.5, 0.6) is 5.75 Å². The van der Waals surface area contributed by atoms with Crippen molar-refractivity contribution in [3.8, 4) is 11.4 Å². The summed E-state index contributed by atoms with van der Waals surface area (Å²) < 4.78 is 2.07. The lowest BCUT2D eigenvalue weighted by molar-refractivity contribution is 0.0915. The molecule has 1 saturated heterocycles. The van der Waals surface area contributed by atoms with E-state index < -0.39 is 0 Å². The van der Waals surface area contributed by atoms with Gasteiger partial charge in [-0.1, -0.05) is 6.42 Å². The first-order valence-electron chi connectivity index (χ1n) is 8.30. The average Bonchev–Trinajstić information content (AvgIpc) is 2.84. The molecule has 0 bridgehead atoms. The van der Waals surface area contributed by atoms with Crippen LogP contribution in [0, 0.1) is 13.8 Å². The van der Waals surface area contributed by atoms with Gasteiger partial charge in [0.15, 0.2) is 5.78 Å². The fourth-order valence-electron chi connectivity index (χ4n) is 3.45. The number of benzene rings is 1. The van der Waals surface area contributed by atoms with Crippen LogP contribution in [-0.2, 0) is 0 Å². The molecule has 0 atom stereocenters. The molecule has 0 amide bonds. The number of Topliss-reactive ketones (excluding diaryl/α,β-unsaturated/α-hetero) is 1. The summed E-state index contributed by atoms with van der Waals surface area (Å²) in [6.07, 6.45) is 3.67. The van der Waals surface area contributed by atoms with E-state index in [9.17, 15) is 9.90 Å². The number of aromatic hydroxyl groups is 1. The van der Waals surface area contributed by atoms with E-state index >= 15 is 0 Å². The Morgan fingerprint density at radius 1 is 1.09 bits per heavy atom. The SMILES string of the molecule is Cc1cc(C(=O)CN2CCCCC2)c(C)n1-c1ccc(O)cc1. The Bertz CT molecular complexity index is 695. The van der Waals surface area contributed by atoms with E-state index in [2.05, 4.69) is 9.47 Å². The Balaban J connectivity index is 1.85. The first-order chi connectivity index (χ1) is 11.1. The lowest BCUT2D eigenvalue weighted by Gasteiger charge is -2.25. The third kappa shape index (κ3) is 3.32. The van der Waals surface area contributed by atoms with Gasteiger partial charge in [0.25, 0.3) is 0 Å². The maximum atomic E-state index is 12.7. The van der Waals surface area contributed by atoms with Gasteiger partial charge in [-0.05, 0) is 70.1 Å². The van der Waals surface area contributed by atoms with Crippen LogP contribution in [0.2, 0.25) is 0 Å². The molecular weight excluding hydrogens is 288 g/mol. The van der Waals surface area contributed by atoms with Crippen molar-refractivity contribution in [2.24, 2.45) is 0 Å². The van der Waals surface area contributed by atoms with Crippen molar-refractivity contribution in [2.45, 2.75) is 33.1 Å². The Morgan fingerprint density at radius 3 is 2.39 bits per heavy atom. The summed E-state index contributed by atoms with van der Waals surface area (Å²) in [5.41, 5.74) is 3.78. The van der Waals surface area contributed by atoms with Crippen LogP contribution in [0.1, 0.15) is 41.0 Å². The number of carbonyl (C=O) groups excluding carboxylic acids is 1. The molecule has 1 aromatic carbocycles. The lowest BCUT2D eigenvalue weighted by Crippen LogP contribution is -2.34. The predicted molar refractivity (Wildman–Crippen MR) is 91.5 cm³/mol. The second-order valence-electron chi connectivity index (χ2n) is 6.40. The third-order valence-electron chi connectivity index (χ3n) is 4.66. The van der Waals surface area contributed by atoms with Gasteiger partial charge < -0.3 is 9.67 Å². The molecule has 0 spiro atoms. The average molecular weight is 312 g/mol. The van der Waals surface area contributed by atoms with Gasteiger partial charge in [0.2, 0.25) is 0 Å². The van der Waals surface area contributed by atoms with Crippen LogP contribution >= 0.6 is 0 Å². The Labute approximate surface area is 137 Å². The smallest absolute Gasteiger partial charge is 0.178 e. The van der Waals surface area contributed by atoms with E-state index in [1.165, 1.54) is 19.3 Å². The number of piperidine rings is 1. The number of hydrogen-bond donors (Lipinski definition) is 1. The lowest BCUT2D eigenvalue weighted by atomic mass is 10.1. The number of phenols is 1. The highest BCUT2D eigenvalue weighted by molar-refractivity contribution is 5.99. The van der Waals surface area contributed by atoms with Crippen molar-refractivity contribution in [2.75, 3.05) is 19.6 Å². The van der Waals surface area contributed by atoms with Crippen LogP contribution in [0.15, 0.2) is 30.3 Å². The summed E-state index contributed by atoms with van der Waals surface area (Å²) in [7, 11) is 0. The number of hydrogen-bond acceptors (Lipinski definition) is 3. The van der Waals surface area contributed by atoms with Crippen molar-refractivity contribution >= 4 is 5.78 Å². The summed E-state index contributed by atoms with van der Waals surface area (Å²) in [6, 6.07) is 9.06. The van der Waals surface area contributed by atoms with Gasteiger partial charge in [0.05, 0.1) is 6.54 Å². The molecule has 2 heterocycles. The number of nitrogens with zero attached hydrogens (tertiary/aromatic N) is 2. The molecule has 0 aliphatic carbocycles. The molecular formula is C19H24N2O2. The van der Waals surface area contributed by atoms with E-state index in [0.717, 1.165) is 35.7 Å². The van der Waals surface area contributed by atoms with Gasteiger partial charge in [0, 0.05) is 22.6 Å². The van der Waals surface area contributed by atoms with Gasteiger partial charge in [-0.15, -0.1) is 0 Å². The van der Waals surface area contributed by atoms with Gasteiger partial charge in [-0.3, -0.25) is 9.69 Å². The van der Waals surface area contributed by atoms with Crippen molar-refractivity contribution in [3.63, 3.8) is 0 Å². The molecule has 4 nitrogen and oxygen atoms in total. The topological polar surface area (TPSA) is 45.5 Å². The fraction of sp³-hybridized carbons (Fsp3) is 0.421. The second-order valence-corrected chi connectivity index (χ2v) is 6.40. The molecule has 4 heteroatoms. The number of phenolic OH excluding ortho intramolecular Hbond substituents is 1. The Kier molecular flexibility index (Phi) is 4.53. The number of ketones is 1. The van der Waals surface area contributed by atoms with Crippen molar-refractivity contribution < 1.29 is 9.90 Å². The number of likely N-dealkylation sites (tertiary alicyclic amines) is 1. The van der Waals surface area contributed by atoms with E-state index in [4.69, 9.17) is 0 Å². The maximum Gasteiger partial charge on any atom is 0.178 e. The van der Waals surface area contributed by atoms with Gasteiger partial charge >= 0.3 is 0 Å². The molecule has 1 aromatic heterocycles. The normalized spacial score (nSPS) is 15.7. The maximum absolute atomic E-state index is 12.7. The van der Waals surface area contributed by atoms with E-state index in [1.807, 2.05) is 32.0 Å². The molecule has 1 fully saturated rings. The van der Waals surface area contributed by atoms with Crippen molar-refractivity contribution in [3.05, 3.63) is 47.3 Å². The quantitative estimate of drug-likeness (QED) is 0.879. The van der Waals surface area contributed by atoms with Gasteiger partial charge in [-0.2, -0.15) is 0 Å². The van der Waals surface area contributed by atoms with Gasteiger partial charge in [0.1, 0.15) is 5.75 Å². The summed E-state index contributed by atoms with van der Waals surface area (Å²) in [5.74, 6) is 0.447. The first kappa shape index (κ1) is 15.8. The molecule has 0 saturated carbocycles. The molecule has 0 radical (unpaired) electrons. The largest absolute Gasteiger partial charge is 0.508 e. The molecule has 1 aliphatic rings. The van der Waals surface area contributed by atoms with Crippen LogP contribution in [0.25, 0.3) is 5.69 Å². The second kappa shape index (κ2) is 6.59. The van der Waals surface area contributed by atoms with E-state index in [1.54, 1.807) is 12.1 Å². The molecule has 0 unspecified atom stereocenters. The van der Waals surface area contributed by atoms with Crippen LogP contribution in [0.4, 0.5) is 0 Å². The number of aromatic nitrogens is 1. The molecule has 3 rings (SSSR count). The number of carbonyl (C=O) groups is 1. The highest BCUT2D eigenvalue weighted by atomic mass is 16.3. The predicted octanol–water partition coefficient (Wildman–Crippen LogP) is 3.47. The summed E-state index contributed by atoms with van der Waals surface area (Å²) >= 11 is 0.